The molecule has 0 saturated carbocycles. The van der Waals surface area contributed by atoms with Crippen molar-refractivity contribution in [3.05, 3.63) is 18.0 Å². The molecule has 0 atom stereocenters. The maximum Gasteiger partial charge on any atom is 0.433 e. The summed E-state index contributed by atoms with van der Waals surface area (Å²) in [6.45, 7) is 5.51. The van der Waals surface area contributed by atoms with E-state index in [-0.39, 0.29) is 5.95 Å². The zero-order valence-electron chi connectivity index (χ0n) is 10.6. The smallest absolute Gasteiger partial charge is 0.338 e. The molecule has 0 aromatic carbocycles. The van der Waals surface area contributed by atoms with Crippen LogP contribution in [0.2, 0.25) is 0 Å². The van der Waals surface area contributed by atoms with E-state index in [0.717, 1.165) is 31.9 Å². The Morgan fingerprint density at radius 3 is 2.53 bits per heavy atom. The summed E-state index contributed by atoms with van der Waals surface area (Å²) in [5.41, 5.74) is 2.28. The van der Waals surface area contributed by atoms with Crippen molar-refractivity contribution >= 4 is 5.95 Å². The number of nitrogens with zero attached hydrogens (tertiary/aromatic N) is 4. The lowest BCUT2D eigenvalue weighted by Gasteiger charge is -2.34. The van der Waals surface area contributed by atoms with Crippen LogP contribution in [0.5, 0.6) is 0 Å². The van der Waals surface area contributed by atoms with E-state index in [1.54, 1.807) is 4.90 Å². The van der Waals surface area contributed by atoms with E-state index < -0.39 is 11.9 Å². The van der Waals surface area contributed by atoms with Gasteiger partial charge in [-0.2, -0.15) is 13.2 Å². The van der Waals surface area contributed by atoms with Gasteiger partial charge in [-0.15, -0.1) is 0 Å². The van der Waals surface area contributed by atoms with Crippen molar-refractivity contribution in [2.24, 2.45) is 0 Å². The molecule has 2 heterocycles. The molecule has 0 aliphatic carbocycles. The Balaban J connectivity index is 2.03. The largest absolute Gasteiger partial charge is 0.433 e. The van der Waals surface area contributed by atoms with Crippen molar-refractivity contribution < 1.29 is 13.2 Å². The Bertz CT molecular complexity index is 415. The van der Waals surface area contributed by atoms with Crippen molar-refractivity contribution in [1.82, 2.24) is 20.4 Å². The molecule has 0 spiro atoms. The molecule has 8 heteroatoms. The third-order valence-corrected chi connectivity index (χ3v) is 2.88. The van der Waals surface area contributed by atoms with Crippen molar-refractivity contribution in [2.75, 3.05) is 37.6 Å². The number of alkyl halides is 3. The van der Waals surface area contributed by atoms with Gasteiger partial charge in [0.1, 0.15) is 5.69 Å². The van der Waals surface area contributed by atoms with Gasteiger partial charge in [0.05, 0.1) is 0 Å². The molecule has 19 heavy (non-hydrogen) atoms. The maximum absolute atomic E-state index is 12.6. The number of aromatic nitrogens is 2. The number of piperazine rings is 1. The topological polar surface area (TPSA) is 44.3 Å². The van der Waals surface area contributed by atoms with Crippen molar-refractivity contribution in [1.29, 1.82) is 0 Å². The van der Waals surface area contributed by atoms with Crippen LogP contribution in [0, 0.1) is 0 Å². The monoisotopic (exact) mass is 275 g/mol. The molecular weight excluding hydrogens is 259 g/mol. The summed E-state index contributed by atoms with van der Waals surface area (Å²) in [6.07, 6.45) is -3.27. The molecule has 0 bridgehead atoms. The van der Waals surface area contributed by atoms with Crippen molar-refractivity contribution in [3.8, 4) is 0 Å². The van der Waals surface area contributed by atoms with Gasteiger partial charge in [-0.1, -0.05) is 6.92 Å². The quantitative estimate of drug-likeness (QED) is 0.896. The second-order valence-electron chi connectivity index (χ2n) is 4.23. The molecule has 1 aromatic heterocycles. The first-order valence-corrected chi connectivity index (χ1v) is 6.14. The number of halogens is 3. The van der Waals surface area contributed by atoms with Gasteiger partial charge >= 0.3 is 6.18 Å². The summed E-state index contributed by atoms with van der Waals surface area (Å²) in [6, 6.07) is 0.887. The van der Waals surface area contributed by atoms with Gasteiger partial charge in [-0.05, 0) is 6.07 Å². The van der Waals surface area contributed by atoms with Crippen LogP contribution in [0.15, 0.2) is 12.3 Å². The molecule has 0 amide bonds. The number of hydrogen-bond donors (Lipinski definition) is 1. The lowest BCUT2D eigenvalue weighted by atomic mass is 10.3. The Labute approximate surface area is 109 Å². The standard InChI is InChI=1S/C11H16F3N5/c1-2-16-19-7-5-18(6-8-19)10-15-4-3-9(17-10)11(12,13)14/h3-4,16H,2,5-8H2,1H3. The van der Waals surface area contributed by atoms with E-state index in [2.05, 4.69) is 15.4 Å². The number of hydrazine groups is 1. The average Bonchev–Trinajstić information content (AvgIpc) is 2.39. The summed E-state index contributed by atoms with van der Waals surface area (Å²) < 4.78 is 37.7. The molecule has 1 aliphatic rings. The number of anilines is 1. The Kier molecular flexibility index (Phi) is 4.20. The van der Waals surface area contributed by atoms with Crippen LogP contribution in [0.1, 0.15) is 12.6 Å². The summed E-state index contributed by atoms with van der Waals surface area (Å²) in [7, 11) is 0. The first kappa shape index (κ1) is 14.0. The lowest BCUT2D eigenvalue weighted by molar-refractivity contribution is -0.141. The fourth-order valence-electron chi connectivity index (χ4n) is 1.95. The third kappa shape index (κ3) is 3.54. The molecule has 0 unspecified atom stereocenters. The first-order chi connectivity index (χ1) is 9.00. The number of rotatable bonds is 3. The molecule has 5 nitrogen and oxygen atoms in total. The summed E-state index contributed by atoms with van der Waals surface area (Å²) in [5.74, 6) is 0.144. The summed E-state index contributed by atoms with van der Waals surface area (Å²) in [5, 5.41) is 2.05. The molecule has 1 aliphatic heterocycles. The van der Waals surface area contributed by atoms with E-state index in [0.29, 0.717) is 13.1 Å². The summed E-state index contributed by atoms with van der Waals surface area (Å²) >= 11 is 0. The lowest BCUT2D eigenvalue weighted by Crippen LogP contribution is -2.52. The summed E-state index contributed by atoms with van der Waals surface area (Å²) in [4.78, 5) is 9.28. The molecule has 2 rings (SSSR count). The van der Waals surface area contributed by atoms with Crippen LogP contribution in [-0.4, -0.2) is 47.7 Å². The molecule has 0 radical (unpaired) electrons. The number of hydrogen-bond acceptors (Lipinski definition) is 5. The van der Waals surface area contributed by atoms with Crippen LogP contribution >= 0.6 is 0 Å². The van der Waals surface area contributed by atoms with E-state index >= 15 is 0 Å². The Morgan fingerprint density at radius 2 is 1.95 bits per heavy atom. The Morgan fingerprint density at radius 1 is 1.26 bits per heavy atom. The second-order valence-corrected chi connectivity index (χ2v) is 4.23. The highest BCUT2D eigenvalue weighted by molar-refractivity contribution is 5.31. The highest BCUT2D eigenvalue weighted by Gasteiger charge is 2.33. The maximum atomic E-state index is 12.6. The molecule has 1 saturated heterocycles. The van der Waals surface area contributed by atoms with Gasteiger partial charge in [0.25, 0.3) is 0 Å². The average molecular weight is 275 g/mol. The fraction of sp³-hybridized carbons (Fsp3) is 0.636. The normalized spacial score (nSPS) is 17.8. The fourth-order valence-corrected chi connectivity index (χ4v) is 1.95. The highest BCUT2D eigenvalue weighted by Crippen LogP contribution is 2.28. The SMILES string of the molecule is CCNN1CCN(c2nccc(C(F)(F)F)n2)CC1. The minimum atomic E-state index is -4.43. The van der Waals surface area contributed by atoms with Gasteiger partial charge < -0.3 is 4.90 Å². The van der Waals surface area contributed by atoms with Gasteiger partial charge in [-0.3, -0.25) is 5.43 Å². The van der Waals surface area contributed by atoms with Gasteiger partial charge in [0, 0.05) is 38.9 Å². The van der Waals surface area contributed by atoms with E-state index in [1.807, 2.05) is 11.9 Å². The highest BCUT2D eigenvalue weighted by atomic mass is 19.4. The van der Waals surface area contributed by atoms with E-state index in [9.17, 15) is 13.2 Å². The van der Waals surface area contributed by atoms with Crippen LogP contribution < -0.4 is 10.3 Å². The second kappa shape index (κ2) is 5.70. The zero-order valence-corrected chi connectivity index (χ0v) is 10.6. The van der Waals surface area contributed by atoms with Crippen molar-refractivity contribution in [3.63, 3.8) is 0 Å². The minimum Gasteiger partial charge on any atom is -0.338 e. The van der Waals surface area contributed by atoms with E-state index in [1.165, 1.54) is 0 Å². The third-order valence-electron chi connectivity index (χ3n) is 2.88. The van der Waals surface area contributed by atoms with Crippen molar-refractivity contribution in [2.45, 2.75) is 13.1 Å². The minimum absolute atomic E-state index is 0.144. The van der Waals surface area contributed by atoms with Crippen LogP contribution in [-0.2, 0) is 6.18 Å². The zero-order chi connectivity index (χ0) is 13.9. The van der Waals surface area contributed by atoms with Gasteiger partial charge in [0.15, 0.2) is 0 Å². The molecule has 1 aromatic rings. The molecular formula is C11H16F3N5. The van der Waals surface area contributed by atoms with Gasteiger partial charge in [-0.25, -0.2) is 15.0 Å². The van der Waals surface area contributed by atoms with Crippen LogP contribution in [0.4, 0.5) is 19.1 Å². The predicted octanol–water partition coefficient (Wildman–Crippen LogP) is 1.14. The Hall–Kier alpha value is -1.41. The van der Waals surface area contributed by atoms with Crippen LogP contribution in [0.25, 0.3) is 0 Å². The molecule has 1 N–H and O–H groups in total. The van der Waals surface area contributed by atoms with E-state index in [4.69, 9.17) is 0 Å². The first-order valence-electron chi connectivity index (χ1n) is 6.14. The van der Waals surface area contributed by atoms with Crippen LogP contribution in [0.3, 0.4) is 0 Å². The number of nitrogens with one attached hydrogen (secondary N) is 1. The van der Waals surface area contributed by atoms with Gasteiger partial charge in [0.2, 0.25) is 5.95 Å². The molecule has 106 valence electrons. The molecule has 1 fully saturated rings. The predicted molar refractivity (Wildman–Crippen MR) is 64.5 cm³/mol.